The number of nitrogens with zero attached hydrogens (tertiary/aromatic N) is 1. The minimum atomic E-state index is -0.144. The van der Waals surface area contributed by atoms with Gasteiger partial charge in [-0.3, -0.25) is 4.79 Å². The standard InChI is InChI=1S/C18H26N2O2/c1-2-3-10-20-11-8-14(9-12-20)19-18(21)16-13-22-17-7-5-4-6-15(16)17/h4-7,14,16H,2-3,8-13H2,1H3,(H,19,21). The molecule has 2 aliphatic heterocycles. The Hall–Kier alpha value is -1.55. The van der Waals surface area contributed by atoms with Gasteiger partial charge in [-0.1, -0.05) is 31.5 Å². The Balaban J connectivity index is 1.49. The molecule has 0 bridgehead atoms. The molecule has 4 nitrogen and oxygen atoms in total. The van der Waals surface area contributed by atoms with E-state index < -0.39 is 0 Å². The lowest BCUT2D eigenvalue weighted by Crippen LogP contribution is -2.46. The van der Waals surface area contributed by atoms with Crippen LogP contribution in [-0.4, -0.2) is 43.1 Å². The fourth-order valence-corrected chi connectivity index (χ4v) is 3.36. The molecule has 2 heterocycles. The number of nitrogens with one attached hydrogen (secondary N) is 1. The van der Waals surface area contributed by atoms with E-state index in [-0.39, 0.29) is 11.8 Å². The molecular formula is C18H26N2O2. The third-order valence-electron chi connectivity index (χ3n) is 4.78. The number of fused-ring (bicyclic) bond motifs is 1. The van der Waals surface area contributed by atoms with Gasteiger partial charge >= 0.3 is 0 Å². The molecule has 1 amide bonds. The highest BCUT2D eigenvalue weighted by molar-refractivity contribution is 5.85. The second-order valence-electron chi connectivity index (χ2n) is 6.38. The maximum Gasteiger partial charge on any atom is 0.231 e. The first-order valence-corrected chi connectivity index (χ1v) is 8.52. The van der Waals surface area contributed by atoms with E-state index in [0.717, 1.165) is 37.2 Å². The Morgan fingerprint density at radius 2 is 2.09 bits per heavy atom. The molecule has 4 heteroatoms. The molecule has 120 valence electrons. The summed E-state index contributed by atoms with van der Waals surface area (Å²) in [5, 5.41) is 3.23. The van der Waals surface area contributed by atoms with Gasteiger partial charge < -0.3 is 15.0 Å². The van der Waals surface area contributed by atoms with Crippen LogP contribution in [0.25, 0.3) is 0 Å². The van der Waals surface area contributed by atoms with Crippen molar-refractivity contribution < 1.29 is 9.53 Å². The van der Waals surface area contributed by atoms with Crippen LogP contribution < -0.4 is 10.1 Å². The molecule has 1 N–H and O–H groups in total. The van der Waals surface area contributed by atoms with Crippen LogP contribution in [0.2, 0.25) is 0 Å². The predicted octanol–water partition coefficient (Wildman–Crippen LogP) is 2.54. The molecule has 0 spiro atoms. The van der Waals surface area contributed by atoms with Crippen LogP contribution in [0.5, 0.6) is 5.75 Å². The Morgan fingerprint density at radius 3 is 2.86 bits per heavy atom. The van der Waals surface area contributed by atoms with E-state index in [0.29, 0.717) is 12.6 Å². The number of unbranched alkanes of at least 4 members (excludes halogenated alkanes) is 1. The number of carbonyl (C=O) groups is 1. The van der Waals surface area contributed by atoms with Crippen LogP contribution in [-0.2, 0) is 4.79 Å². The normalized spacial score (nSPS) is 22.1. The summed E-state index contributed by atoms with van der Waals surface area (Å²) in [5.41, 5.74) is 1.03. The van der Waals surface area contributed by atoms with Crippen molar-refractivity contribution in [2.75, 3.05) is 26.2 Å². The molecule has 22 heavy (non-hydrogen) atoms. The zero-order chi connectivity index (χ0) is 15.4. The number of amides is 1. The van der Waals surface area contributed by atoms with Crippen molar-refractivity contribution in [1.82, 2.24) is 10.2 Å². The summed E-state index contributed by atoms with van der Waals surface area (Å²) in [5.74, 6) is 0.836. The van der Waals surface area contributed by atoms with Crippen LogP contribution in [0.3, 0.4) is 0 Å². The summed E-state index contributed by atoms with van der Waals surface area (Å²) in [6, 6.07) is 8.18. The molecule has 0 aromatic heterocycles. The van der Waals surface area contributed by atoms with Gasteiger partial charge in [0.05, 0.1) is 0 Å². The smallest absolute Gasteiger partial charge is 0.231 e. The van der Waals surface area contributed by atoms with E-state index in [1.165, 1.54) is 19.4 Å². The zero-order valence-corrected chi connectivity index (χ0v) is 13.4. The molecule has 1 saturated heterocycles. The van der Waals surface area contributed by atoms with E-state index in [1.54, 1.807) is 0 Å². The van der Waals surface area contributed by atoms with E-state index in [1.807, 2.05) is 24.3 Å². The zero-order valence-electron chi connectivity index (χ0n) is 13.4. The highest BCUT2D eigenvalue weighted by atomic mass is 16.5. The van der Waals surface area contributed by atoms with Crippen LogP contribution in [0, 0.1) is 0 Å². The van der Waals surface area contributed by atoms with Crippen molar-refractivity contribution in [3.05, 3.63) is 29.8 Å². The van der Waals surface area contributed by atoms with Gasteiger partial charge in [-0.05, 0) is 31.9 Å². The maximum atomic E-state index is 12.5. The number of benzene rings is 1. The number of ether oxygens (including phenoxy) is 1. The number of piperidine rings is 1. The van der Waals surface area contributed by atoms with E-state index in [2.05, 4.69) is 17.1 Å². The van der Waals surface area contributed by atoms with Crippen molar-refractivity contribution in [3.8, 4) is 5.75 Å². The third kappa shape index (κ3) is 3.43. The van der Waals surface area contributed by atoms with E-state index in [9.17, 15) is 4.79 Å². The first-order chi connectivity index (χ1) is 10.8. The first kappa shape index (κ1) is 15.3. The Kier molecular flexibility index (Phi) is 4.98. The second-order valence-corrected chi connectivity index (χ2v) is 6.38. The van der Waals surface area contributed by atoms with E-state index in [4.69, 9.17) is 4.74 Å². The van der Waals surface area contributed by atoms with Crippen LogP contribution in [0.15, 0.2) is 24.3 Å². The Bertz CT molecular complexity index is 510. The molecule has 1 aromatic rings. The van der Waals surface area contributed by atoms with Gasteiger partial charge in [-0.25, -0.2) is 0 Å². The molecule has 0 saturated carbocycles. The van der Waals surface area contributed by atoms with Crippen molar-refractivity contribution >= 4 is 5.91 Å². The second kappa shape index (κ2) is 7.14. The quantitative estimate of drug-likeness (QED) is 0.909. The molecule has 0 aliphatic carbocycles. The van der Waals surface area contributed by atoms with Gasteiger partial charge in [0.15, 0.2) is 0 Å². The van der Waals surface area contributed by atoms with Gasteiger partial charge in [0.2, 0.25) is 5.91 Å². The molecular weight excluding hydrogens is 276 g/mol. The predicted molar refractivity (Wildman–Crippen MR) is 87.2 cm³/mol. The van der Waals surface area contributed by atoms with Gasteiger partial charge in [0, 0.05) is 24.7 Å². The molecule has 1 atom stereocenters. The van der Waals surface area contributed by atoms with Crippen molar-refractivity contribution in [1.29, 1.82) is 0 Å². The fourth-order valence-electron chi connectivity index (χ4n) is 3.36. The van der Waals surface area contributed by atoms with E-state index >= 15 is 0 Å². The monoisotopic (exact) mass is 302 g/mol. The highest BCUT2D eigenvalue weighted by Gasteiger charge is 2.31. The largest absolute Gasteiger partial charge is 0.492 e. The number of hydrogen-bond acceptors (Lipinski definition) is 3. The average molecular weight is 302 g/mol. The topological polar surface area (TPSA) is 41.6 Å². The molecule has 2 aliphatic rings. The fraction of sp³-hybridized carbons (Fsp3) is 0.611. The third-order valence-corrected chi connectivity index (χ3v) is 4.78. The summed E-state index contributed by atoms with van der Waals surface area (Å²) in [6.45, 7) is 6.10. The summed E-state index contributed by atoms with van der Waals surface area (Å²) >= 11 is 0. The molecule has 0 radical (unpaired) electrons. The number of carbonyl (C=O) groups excluding carboxylic acids is 1. The molecule has 1 unspecified atom stereocenters. The lowest BCUT2D eigenvalue weighted by Gasteiger charge is -2.32. The van der Waals surface area contributed by atoms with Gasteiger partial charge in [0.1, 0.15) is 18.3 Å². The SMILES string of the molecule is CCCCN1CCC(NC(=O)C2COc3ccccc32)CC1. The highest BCUT2D eigenvalue weighted by Crippen LogP contribution is 2.33. The van der Waals surface area contributed by atoms with Crippen LogP contribution >= 0.6 is 0 Å². The maximum absolute atomic E-state index is 12.5. The molecule has 3 rings (SSSR count). The van der Waals surface area contributed by atoms with Crippen molar-refractivity contribution in [2.24, 2.45) is 0 Å². The van der Waals surface area contributed by atoms with Gasteiger partial charge in [-0.15, -0.1) is 0 Å². The first-order valence-electron chi connectivity index (χ1n) is 8.52. The number of hydrogen-bond donors (Lipinski definition) is 1. The minimum absolute atomic E-state index is 0.122. The summed E-state index contributed by atoms with van der Waals surface area (Å²) in [4.78, 5) is 15.0. The number of para-hydroxylation sites is 1. The minimum Gasteiger partial charge on any atom is -0.492 e. The van der Waals surface area contributed by atoms with Crippen LogP contribution in [0.1, 0.15) is 44.1 Å². The average Bonchev–Trinajstić information content (AvgIpc) is 2.98. The summed E-state index contributed by atoms with van der Waals surface area (Å²) < 4.78 is 5.61. The van der Waals surface area contributed by atoms with Crippen molar-refractivity contribution in [2.45, 2.75) is 44.6 Å². The number of likely N-dealkylation sites (tertiary alicyclic amines) is 1. The molecule has 1 aromatic carbocycles. The summed E-state index contributed by atoms with van der Waals surface area (Å²) in [7, 11) is 0. The van der Waals surface area contributed by atoms with Crippen LogP contribution in [0.4, 0.5) is 0 Å². The summed E-state index contributed by atoms with van der Waals surface area (Å²) in [6.07, 6.45) is 4.64. The lowest BCUT2D eigenvalue weighted by molar-refractivity contribution is -0.123. The Morgan fingerprint density at radius 1 is 1.32 bits per heavy atom. The Labute approximate surface area is 132 Å². The molecule has 1 fully saturated rings. The van der Waals surface area contributed by atoms with Gasteiger partial charge in [0.25, 0.3) is 0 Å². The lowest BCUT2D eigenvalue weighted by atomic mass is 9.98. The van der Waals surface area contributed by atoms with Gasteiger partial charge in [-0.2, -0.15) is 0 Å². The van der Waals surface area contributed by atoms with Crippen molar-refractivity contribution in [3.63, 3.8) is 0 Å². The number of rotatable bonds is 5.